The average molecular weight is 261 g/mol. The topological polar surface area (TPSA) is 66.4 Å². The van der Waals surface area contributed by atoms with Gasteiger partial charge in [0.2, 0.25) is 5.91 Å². The molecule has 0 aromatic heterocycles. The third kappa shape index (κ3) is 6.41. The summed E-state index contributed by atoms with van der Waals surface area (Å²) >= 11 is 0. The first-order chi connectivity index (χ1) is 8.97. The Labute approximate surface area is 113 Å². The normalized spacial score (nSPS) is 12.3. The van der Waals surface area contributed by atoms with E-state index in [9.17, 15) is 9.59 Å². The van der Waals surface area contributed by atoms with Crippen LogP contribution in [0.4, 0.5) is 0 Å². The quantitative estimate of drug-likeness (QED) is 0.772. The second-order valence-corrected chi connectivity index (χ2v) is 4.70. The van der Waals surface area contributed by atoms with Gasteiger partial charge in [0, 0.05) is 19.0 Å². The van der Waals surface area contributed by atoms with Crippen LogP contribution in [0.3, 0.4) is 0 Å². The largest absolute Gasteiger partial charge is 0.481 e. The van der Waals surface area contributed by atoms with Crippen molar-refractivity contribution in [2.24, 2.45) is 5.92 Å². The van der Waals surface area contributed by atoms with E-state index in [4.69, 9.17) is 5.11 Å². The average Bonchev–Trinajstić information content (AvgIpc) is 2.33. The molecule has 0 saturated carbocycles. The van der Waals surface area contributed by atoms with Gasteiger partial charge in [0.15, 0.2) is 0 Å². The molecule has 19 heavy (non-hydrogen) atoms. The van der Waals surface area contributed by atoms with Gasteiger partial charge in [0.1, 0.15) is 0 Å². The molecule has 1 aromatic rings. The predicted octanol–water partition coefficient (Wildman–Crippen LogP) is 2.24. The maximum Gasteiger partial charge on any atom is 0.303 e. The summed E-state index contributed by atoms with van der Waals surface area (Å²) in [5.74, 6) is -1.13. The van der Waals surface area contributed by atoms with E-state index in [0.717, 1.165) is 11.1 Å². The third-order valence-electron chi connectivity index (χ3n) is 2.62. The molecule has 1 aromatic carbocycles. The van der Waals surface area contributed by atoms with Crippen LogP contribution in [-0.4, -0.2) is 23.5 Å². The zero-order valence-corrected chi connectivity index (χ0v) is 11.2. The van der Waals surface area contributed by atoms with E-state index < -0.39 is 5.97 Å². The fourth-order valence-corrected chi connectivity index (χ4v) is 1.65. The van der Waals surface area contributed by atoms with Crippen molar-refractivity contribution in [2.45, 2.75) is 20.3 Å². The lowest BCUT2D eigenvalue weighted by molar-refractivity contribution is -0.138. The molecule has 0 fully saturated rings. The van der Waals surface area contributed by atoms with Crippen LogP contribution in [0, 0.1) is 12.8 Å². The highest BCUT2D eigenvalue weighted by Crippen LogP contribution is 2.05. The molecule has 0 aliphatic carbocycles. The zero-order chi connectivity index (χ0) is 14.3. The van der Waals surface area contributed by atoms with Crippen LogP contribution in [0.2, 0.25) is 0 Å². The highest BCUT2D eigenvalue weighted by atomic mass is 16.4. The molecule has 0 spiro atoms. The van der Waals surface area contributed by atoms with Crippen molar-refractivity contribution in [1.82, 2.24) is 5.32 Å². The summed E-state index contributed by atoms with van der Waals surface area (Å²) in [6, 6.07) is 7.83. The molecule has 2 N–H and O–H groups in total. The minimum Gasteiger partial charge on any atom is -0.481 e. The molecule has 1 rings (SSSR count). The summed E-state index contributed by atoms with van der Waals surface area (Å²) in [6.07, 6.45) is 3.26. The molecular weight excluding hydrogens is 242 g/mol. The molecule has 0 saturated heterocycles. The van der Waals surface area contributed by atoms with Crippen molar-refractivity contribution >= 4 is 18.0 Å². The van der Waals surface area contributed by atoms with Crippen LogP contribution in [0.5, 0.6) is 0 Å². The molecule has 102 valence electrons. The number of benzene rings is 1. The lowest BCUT2D eigenvalue weighted by Crippen LogP contribution is -2.27. The van der Waals surface area contributed by atoms with E-state index >= 15 is 0 Å². The highest BCUT2D eigenvalue weighted by molar-refractivity contribution is 5.91. The van der Waals surface area contributed by atoms with E-state index in [-0.39, 0.29) is 18.2 Å². The van der Waals surface area contributed by atoms with Gasteiger partial charge in [-0.3, -0.25) is 9.59 Å². The number of hydrogen-bond acceptors (Lipinski definition) is 2. The monoisotopic (exact) mass is 261 g/mol. The van der Waals surface area contributed by atoms with Gasteiger partial charge in [-0.05, 0) is 24.5 Å². The van der Waals surface area contributed by atoms with E-state index in [2.05, 4.69) is 5.32 Å². The third-order valence-corrected chi connectivity index (χ3v) is 2.62. The molecule has 4 heteroatoms. The summed E-state index contributed by atoms with van der Waals surface area (Å²) in [5, 5.41) is 11.3. The Morgan fingerprint density at radius 1 is 1.42 bits per heavy atom. The Kier molecular flexibility index (Phi) is 5.79. The Bertz CT molecular complexity index is 480. The predicted molar refractivity (Wildman–Crippen MR) is 74.6 cm³/mol. The molecule has 0 bridgehead atoms. The van der Waals surface area contributed by atoms with Crippen LogP contribution in [0.25, 0.3) is 6.08 Å². The molecule has 1 unspecified atom stereocenters. The van der Waals surface area contributed by atoms with Gasteiger partial charge < -0.3 is 10.4 Å². The van der Waals surface area contributed by atoms with Gasteiger partial charge >= 0.3 is 5.97 Å². The number of carbonyl (C=O) groups is 2. The van der Waals surface area contributed by atoms with E-state index in [0.29, 0.717) is 6.54 Å². The first-order valence-corrected chi connectivity index (χ1v) is 6.21. The number of amides is 1. The number of hydrogen-bond donors (Lipinski definition) is 2. The number of carbonyl (C=O) groups excluding carboxylic acids is 1. The Hall–Kier alpha value is -2.10. The van der Waals surface area contributed by atoms with Gasteiger partial charge in [0.05, 0.1) is 0 Å². The van der Waals surface area contributed by atoms with Crippen LogP contribution in [0.1, 0.15) is 24.5 Å². The second-order valence-electron chi connectivity index (χ2n) is 4.70. The number of carboxylic acid groups (broad SMARTS) is 1. The molecule has 0 aliphatic heterocycles. The van der Waals surface area contributed by atoms with Crippen molar-refractivity contribution < 1.29 is 14.7 Å². The van der Waals surface area contributed by atoms with Crippen LogP contribution in [-0.2, 0) is 9.59 Å². The van der Waals surface area contributed by atoms with Crippen LogP contribution >= 0.6 is 0 Å². The molecule has 0 aliphatic rings. The Morgan fingerprint density at radius 3 is 2.79 bits per heavy atom. The number of rotatable bonds is 6. The van der Waals surface area contributed by atoms with Crippen molar-refractivity contribution in [2.75, 3.05) is 6.54 Å². The van der Waals surface area contributed by atoms with Gasteiger partial charge in [0.25, 0.3) is 0 Å². The van der Waals surface area contributed by atoms with Crippen LogP contribution in [0.15, 0.2) is 30.3 Å². The first kappa shape index (κ1) is 15.0. The summed E-state index contributed by atoms with van der Waals surface area (Å²) < 4.78 is 0. The smallest absolute Gasteiger partial charge is 0.303 e. The number of aliphatic carboxylic acids is 1. The molecule has 4 nitrogen and oxygen atoms in total. The minimum absolute atomic E-state index is 0.0574. The first-order valence-electron chi connectivity index (χ1n) is 6.21. The maximum atomic E-state index is 11.5. The van der Waals surface area contributed by atoms with E-state index in [1.807, 2.05) is 31.2 Å². The molecule has 0 radical (unpaired) electrons. The van der Waals surface area contributed by atoms with Gasteiger partial charge in [-0.2, -0.15) is 0 Å². The summed E-state index contributed by atoms with van der Waals surface area (Å²) in [6.45, 7) is 4.15. The minimum atomic E-state index is -0.850. The van der Waals surface area contributed by atoms with Crippen molar-refractivity contribution in [3.05, 3.63) is 41.5 Å². The SMILES string of the molecule is Cc1cccc(/C=C/C(=O)NCC(C)CC(=O)O)c1. The fourth-order valence-electron chi connectivity index (χ4n) is 1.65. The molecule has 0 heterocycles. The number of nitrogens with one attached hydrogen (secondary N) is 1. The van der Waals surface area contributed by atoms with Crippen LogP contribution < -0.4 is 5.32 Å². The fraction of sp³-hybridized carbons (Fsp3) is 0.333. The van der Waals surface area contributed by atoms with Gasteiger partial charge in [-0.15, -0.1) is 0 Å². The Balaban J connectivity index is 2.41. The summed E-state index contributed by atoms with van der Waals surface area (Å²) in [5.41, 5.74) is 2.10. The van der Waals surface area contributed by atoms with Crippen molar-refractivity contribution in [3.8, 4) is 0 Å². The highest BCUT2D eigenvalue weighted by Gasteiger charge is 2.07. The van der Waals surface area contributed by atoms with Crippen molar-refractivity contribution in [1.29, 1.82) is 0 Å². The maximum absolute atomic E-state index is 11.5. The molecule has 1 amide bonds. The molecular formula is C15H19NO3. The second kappa shape index (κ2) is 7.36. The zero-order valence-electron chi connectivity index (χ0n) is 11.2. The number of aryl methyl sites for hydroxylation is 1. The van der Waals surface area contributed by atoms with E-state index in [1.165, 1.54) is 6.08 Å². The van der Waals surface area contributed by atoms with Gasteiger partial charge in [-0.1, -0.05) is 36.8 Å². The number of carboxylic acids is 1. The summed E-state index contributed by atoms with van der Waals surface area (Å²) in [4.78, 5) is 22.0. The lowest BCUT2D eigenvalue weighted by atomic mass is 10.1. The Morgan fingerprint density at radius 2 is 2.16 bits per heavy atom. The standard InChI is InChI=1S/C15H19NO3/c1-11-4-3-5-13(8-11)6-7-14(17)16-10-12(2)9-15(18)19/h3-8,12H,9-10H2,1-2H3,(H,16,17)(H,18,19)/b7-6+. The van der Waals surface area contributed by atoms with Gasteiger partial charge in [-0.25, -0.2) is 0 Å². The van der Waals surface area contributed by atoms with E-state index in [1.54, 1.807) is 13.0 Å². The lowest BCUT2D eigenvalue weighted by Gasteiger charge is -2.08. The van der Waals surface area contributed by atoms with Crippen molar-refractivity contribution in [3.63, 3.8) is 0 Å². The summed E-state index contributed by atoms with van der Waals surface area (Å²) in [7, 11) is 0. The molecule has 1 atom stereocenters.